The highest BCUT2D eigenvalue weighted by Crippen LogP contribution is 2.25. The summed E-state index contributed by atoms with van der Waals surface area (Å²) in [5.74, 6) is -0.0304. The first kappa shape index (κ1) is 18.1. The van der Waals surface area contributed by atoms with Crippen molar-refractivity contribution in [2.75, 3.05) is 13.1 Å². The van der Waals surface area contributed by atoms with Crippen molar-refractivity contribution in [1.82, 2.24) is 10.2 Å². The fourth-order valence-corrected chi connectivity index (χ4v) is 3.13. The molecule has 0 radical (unpaired) electrons. The van der Waals surface area contributed by atoms with Crippen molar-refractivity contribution >= 4 is 35.0 Å². The SMILES string of the molecule is CC[C@@H](C)NC(=O)C1CCN(C(=O)c2ccc(Cl)cc2Cl)CC1. The van der Waals surface area contributed by atoms with Gasteiger partial charge in [0.25, 0.3) is 5.91 Å². The summed E-state index contributed by atoms with van der Waals surface area (Å²) in [5, 5.41) is 3.88. The van der Waals surface area contributed by atoms with E-state index in [1.54, 1.807) is 23.1 Å². The highest BCUT2D eigenvalue weighted by molar-refractivity contribution is 6.36. The van der Waals surface area contributed by atoms with Crippen LogP contribution in [-0.4, -0.2) is 35.8 Å². The minimum Gasteiger partial charge on any atom is -0.353 e. The van der Waals surface area contributed by atoms with Gasteiger partial charge in [-0.15, -0.1) is 0 Å². The quantitative estimate of drug-likeness (QED) is 0.892. The Balaban J connectivity index is 1.93. The van der Waals surface area contributed by atoms with Crippen molar-refractivity contribution in [2.24, 2.45) is 5.92 Å². The van der Waals surface area contributed by atoms with Gasteiger partial charge in [0.2, 0.25) is 5.91 Å². The first-order valence-electron chi connectivity index (χ1n) is 7.97. The summed E-state index contributed by atoms with van der Waals surface area (Å²) in [7, 11) is 0. The fourth-order valence-electron chi connectivity index (χ4n) is 2.64. The first-order valence-corrected chi connectivity index (χ1v) is 8.72. The molecule has 0 spiro atoms. The Kier molecular flexibility index (Phi) is 6.31. The molecule has 126 valence electrons. The number of rotatable bonds is 4. The average Bonchev–Trinajstić information content (AvgIpc) is 2.54. The van der Waals surface area contributed by atoms with E-state index < -0.39 is 0 Å². The molecule has 0 aromatic heterocycles. The highest BCUT2D eigenvalue weighted by Gasteiger charge is 2.28. The first-order chi connectivity index (χ1) is 10.9. The van der Waals surface area contributed by atoms with Gasteiger partial charge < -0.3 is 10.2 Å². The molecule has 23 heavy (non-hydrogen) atoms. The van der Waals surface area contributed by atoms with Gasteiger partial charge in [0.15, 0.2) is 0 Å². The molecule has 1 aromatic rings. The summed E-state index contributed by atoms with van der Waals surface area (Å²) in [6, 6.07) is 5.07. The summed E-state index contributed by atoms with van der Waals surface area (Å²) < 4.78 is 0. The lowest BCUT2D eigenvalue weighted by molar-refractivity contribution is -0.126. The maximum atomic E-state index is 12.5. The molecule has 0 bridgehead atoms. The topological polar surface area (TPSA) is 49.4 Å². The van der Waals surface area contributed by atoms with Gasteiger partial charge in [0, 0.05) is 30.1 Å². The third-order valence-corrected chi connectivity index (χ3v) is 4.86. The van der Waals surface area contributed by atoms with E-state index in [1.807, 2.05) is 13.8 Å². The number of carbonyl (C=O) groups excluding carboxylic acids is 2. The van der Waals surface area contributed by atoms with E-state index in [4.69, 9.17) is 23.2 Å². The van der Waals surface area contributed by atoms with Crippen molar-refractivity contribution in [3.63, 3.8) is 0 Å². The van der Waals surface area contributed by atoms with Gasteiger partial charge in [-0.05, 0) is 44.4 Å². The Morgan fingerprint density at radius 1 is 1.30 bits per heavy atom. The Morgan fingerprint density at radius 3 is 2.52 bits per heavy atom. The van der Waals surface area contributed by atoms with E-state index in [0.717, 1.165) is 6.42 Å². The summed E-state index contributed by atoms with van der Waals surface area (Å²) in [6.45, 7) is 5.17. The Morgan fingerprint density at radius 2 is 1.96 bits per heavy atom. The van der Waals surface area contributed by atoms with Crippen LogP contribution in [0.5, 0.6) is 0 Å². The number of hydrogen-bond donors (Lipinski definition) is 1. The molecule has 1 aromatic carbocycles. The van der Waals surface area contributed by atoms with Gasteiger partial charge in [-0.25, -0.2) is 0 Å². The van der Waals surface area contributed by atoms with Crippen LogP contribution in [0.3, 0.4) is 0 Å². The van der Waals surface area contributed by atoms with Gasteiger partial charge in [-0.3, -0.25) is 9.59 Å². The molecule has 2 rings (SSSR count). The number of nitrogens with one attached hydrogen (secondary N) is 1. The van der Waals surface area contributed by atoms with Crippen LogP contribution in [-0.2, 0) is 4.79 Å². The van der Waals surface area contributed by atoms with E-state index in [2.05, 4.69) is 5.32 Å². The zero-order chi connectivity index (χ0) is 17.0. The Labute approximate surface area is 147 Å². The molecule has 0 saturated carbocycles. The normalized spacial score (nSPS) is 17.0. The summed E-state index contributed by atoms with van der Waals surface area (Å²) >= 11 is 12.0. The molecule has 1 atom stereocenters. The monoisotopic (exact) mass is 356 g/mol. The predicted molar refractivity (Wildman–Crippen MR) is 93.0 cm³/mol. The highest BCUT2D eigenvalue weighted by atomic mass is 35.5. The van der Waals surface area contributed by atoms with E-state index in [1.165, 1.54) is 0 Å². The molecule has 6 heteroatoms. The van der Waals surface area contributed by atoms with Crippen LogP contribution >= 0.6 is 23.2 Å². The molecule has 1 saturated heterocycles. The van der Waals surface area contributed by atoms with Gasteiger partial charge in [0.1, 0.15) is 0 Å². The molecule has 0 aliphatic carbocycles. The molecule has 1 aliphatic heterocycles. The van der Waals surface area contributed by atoms with E-state index in [0.29, 0.717) is 41.5 Å². The second kappa shape index (κ2) is 8.02. The molecule has 1 N–H and O–H groups in total. The molecule has 2 amide bonds. The molecule has 0 unspecified atom stereocenters. The van der Waals surface area contributed by atoms with Gasteiger partial charge >= 0.3 is 0 Å². The molecular weight excluding hydrogens is 335 g/mol. The Hall–Kier alpha value is -1.26. The van der Waals surface area contributed by atoms with Crippen molar-refractivity contribution in [1.29, 1.82) is 0 Å². The van der Waals surface area contributed by atoms with Crippen molar-refractivity contribution in [3.05, 3.63) is 33.8 Å². The smallest absolute Gasteiger partial charge is 0.255 e. The van der Waals surface area contributed by atoms with E-state index >= 15 is 0 Å². The zero-order valence-electron chi connectivity index (χ0n) is 13.4. The molecule has 1 heterocycles. The number of piperidine rings is 1. The average molecular weight is 357 g/mol. The summed E-state index contributed by atoms with van der Waals surface area (Å²) in [4.78, 5) is 26.4. The number of carbonyl (C=O) groups is 2. The summed E-state index contributed by atoms with van der Waals surface area (Å²) in [6.07, 6.45) is 2.27. The summed E-state index contributed by atoms with van der Waals surface area (Å²) in [5.41, 5.74) is 0.457. The van der Waals surface area contributed by atoms with E-state index in [9.17, 15) is 9.59 Å². The lowest BCUT2D eigenvalue weighted by Gasteiger charge is -2.32. The predicted octanol–water partition coefficient (Wildman–Crippen LogP) is 3.76. The van der Waals surface area contributed by atoms with Gasteiger partial charge in [0.05, 0.1) is 10.6 Å². The van der Waals surface area contributed by atoms with Crippen LogP contribution in [0.4, 0.5) is 0 Å². The minimum atomic E-state index is -0.104. The number of amides is 2. The number of nitrogens with zero attached hydrogens (tertiary/aromatic N) is 1. The number of benzene rings is 1. The van der Waals surface area contributed by atoms with Gasteiger partial charge in [-0.2, -0.15) is 0 Å². The maximum Gasteiger partial charge on any atom is 0.255 e. The third-order valence-electron chi connectivity index (χ3n) is 4.32. The standard InChI is InChI=1S/C17H22Cl2N2O2/c1-3-11(2)20-16(22)12-6-8-21(9-7-12)17(23)14-5-4-13(18)10-15(14)19/h4-5,10-12H,3,6-9H2,1-2H3,(H,20,22)/t11-/m1/s1. The second-order valence-corrected chi connectivity index (χ2v) is 6.85. The number of likely N-dealkylation sites (tertiary alicyclic amines) is 1. The number of hydrogen-bond acceptors (Lipinski definition) is 2. The third kappa shape index (κ3) is 4.61. The van der Waals surface area contributed by atoms with Crippen LogP contribution in [0.15, 0.2) is 18.2 Å². The Bertz CT molecular complexity index is 584. The largest absolute Gasteiger partial charge is 0.353 e. The molecule has 4 nitrogen and oxygen atoms in total. The van der Waals surface area contributed by atoms with Crippen molar-refractivity contribution in [2.45, 2.75) is 39.2 Å². The molecule has 1 fully saturated rings. The van der Waals surface area contributed by atoms with Crippen LogP contribution in [0, 0.1) is 5.92 Å². The number of halogens is 2. The molecular formula is C17H22Cl2N2O2. The lowest BCUT2D eigenvalue weighted by atomic mass is 9.95. The van der Waals surface area contributed by atoms with Crippen molar-refractivity contribution in [3.8, 4) is 0 Å². The minimum absolute atomic E-state index is 0.0197. The van der Waals surface area contributed by atoms with E-state index in [-0.39, 0.29) is 23.8 Å². The fraction of sp³-hybridized carbons (Fsp3) is 0.529. The lowest BCUT2D eigenvalue weighted by Crippen LogP contribution is -2.44. The van der Waals surface area contributed by atoms with Gasteiger partial charge in [-0.1, -0.05) is 30.1 Å². The van der Waals surface area contributed by atoms with Crippen LogP contribution in [0.1, 0.15) is 43.5 Å². The maximum absolute atomic E-state index is 12.5. The van der Waals surface area contributed by atoms with Crippen LogP contribution < -0.4 is 5.32 Å². The van der Waals surface area contributed by atoms with Crippen molar-refractivity contribution < 1.29 is 9.59 Å². The van der Waals surface area contributed by atoms with Crippen LogP contribution in [0.2, 0.25) is 10.0 Å². The zero-order valence-corrected chi connectivity index (χ0v) is 15.0. The van der Waals surface area contributed by atoms with Crippen LogP contribution in [0.25, 0.3) is 0 Å². The second-order valence-electron chi connectivity index (χ2n) is 6.01. The molecule has 1 aliphatic rings.